The number of phenols is 1. The molecule has 0 saturated heterocycles. The van der Waals surface area contributed by atoms with Crippen molar-refractivity contribution in [2.75, 3.05) is 5.32 Å². The summed E-state index contributed by atoms with van der Waals surface area (Å²) in [5, 5.41) is 12.0. The summed E-state index contributed by atoms with van der Waals surface area (Å²) in [6, 6.07) is 7.57. The normalized spacial score (nSPS) is 10.2. The second-order valence-corrected chi connectivity index (χ2v) is 4.12. The van der Waals surface area contributed by atoms with E-state index in [0.717, 1.165) is 0 Å². The first-order valence-corrected chi connectivity index (χ1v) is 5.94. The molecule has 1 heterocycles. The molecule has 0 spiro atoms. The smallest absolute Gasteiger partial charge is 0.328 e. The Balaban J connectivity index is 1.97. The summed E-state index contributed by atoms with van der Waals surface area (Å²) < 4.78 is 1.23. The third-order valence-corrected chi connectivity index (χ3v) is 2.65. The van der Waals surface area contributed by atoms with Crippen LogP contribution in [0.4, 0.5) is 5.69 Å². The highest BCUT2D eigenvalue weighted by Crippen LogP contribution is 2.21. The van der Waals surface area contributed by atoms with Crippen LogP contribution in [0.3, 0.4) is 0 Å². The van der Waals surface area contributed by atoms with Crippen LogP contribution < -0.4 is 16.6 Å². The van der Waals surface area contributed by atoms with E-state index in [9.17, 15) is 19.5 Å². The quantitative estimate of drug-likeness (QED) is 0.697. The van der Waals surface area contributed by atoms with Gasteiger partial charge in [0.25, 0.3) is 5.56 Å². The number of aromatic amines is 1. The molecule has 0 unspecified atom stereocenters. The van der Waals surface area contributed by atoms with Crippen LogP contribution >= 0.6 is 0 Å². The Morgan fingerprint density at radius 3 is 2.70 bits per heavy atom. The molecule has 104 valence electrons. The summed E-state index contributed by atoms with van der Waals surface area (Å²) in [6.45, 7) is 0.134. The minimum Gasteiger partial charge on any atom is -0.506 e. The van der Waals surface area contributed by atoms with Gasteiger partial charge in [-0.15, -0.1) is 0 Å². The number of anilines is 1. The predicted octanol–water partition coefficient (Wildman–Crippen LogP) is 0.271. The molecule has 0 aliphatic heterocycles. The van der Waals surface area contributed by atoms with Crippen molar-refractivity contribution < 1.29 is 9.90 Å². The average molecular weight is 275 g/mol. The Labute approximate surface area is 113 Å². The van der Waals surface area contributed by atoms with E-state index in [1.165, 1.54) is 22.9 Å². The van der Waals surface area contributed by atoms with E-state index < -0.39 is 11.2 Å². The topological polar surface area (TPSA) is 104 Å². The number of hydrogen-bond acceptors (Lipinski definition) is 4. The molecule has 0 aliphatic carbocycles. The Morgan fingerprint density at radius 1 is 1.25 bits per heavy atom. The number of hydrogen-bond donors (Lipinski definition) is 3. The van der Waals surface area contributed by atoms with Gasteiger partial charge in [0.05, 0.1) is 5.69 Å². The van der Waals surface area contributed by atoms with E-state index >= 15 is 0 Å². The molecule has 2 rings (SSSR count). The lowest BCUT2D eigenvalue weighted by molar-refractivity contribution is -0.116. The van der Waals surface area contributed by atoms with E-state index in [1.807, 2.05) is 0 Å². The Morgan fingerprint density at radius 2 is 2.00 bits per heavy atom. The zero-order chi connectivity index (χ0) is 14.5. The van der Waals surface area contributed by atoms with Crippen LogP contribution in [0.5, 0.6) is 5.75 Å². The van der Waals surface area contributed by atoms with Crippen LogP contribution in [0.2, 0.25) is 0 Å². The molecule has 3 N–H and O–H groups in total. The second kappa shape index (κ2) is 5.87. The molecule has 20 heavy (non-hydrogen) atoms. The number of carbonyl (C=O) groups excluding carboxylic acids is 1. The molecule has 7 heteroatoms. The minimum atomic E-state index is -0.562. The Kier molecular flexibility index (Phi) is 3.99. The Bertz CT molecular complexity index is 733. The van der Waals surface area contributed by atoms with Gasteiger partial charge in [0.15, 0.2) is 0 Å². The zero-order valence-corrected chi connectivity index (χ0v) is 10.5. The van der Waals surface area contributed by atoms with E-state index in [2.05, 4.69) is 10.3 Å². The van der Waals surface area contributed by atoms with Gasteiger partial charge < -0.3 is 15.0 Å². The molecule has 1 aromatic heterocycles. The van der Waals surface area contributed by atoms with Crippen molar-refractivity contribution in [3.63, 3.8) is 0 Å². The summed E-state index contributed by atoms with van der Waals surface area (Å²) in [5.41, 5.74) is -0.732. The number of nitrogens with one attached hydrogen (secondary N) is 2. The van der Waals surface area contributed by atoms with Crippen LogP contribution in [-0.2, 0) is 11.3 Å². The molecule has 0 bridgehead atoms. The van der Waals surface area contributed by atoms with Gasteiger partial charge in [-0.25, -0.2) is 4.79 Å². The molecule has 2 aromatic rings. The van der Waals surface area contributed by atoms with Gasteiger partial charge in [-0.3, -0.25) is 14.6 Å². The minimum absolute atomic E-state index is 0.0259. The summed E-state index contributed by atoms with van der Waals surface area (Å²) in [7, 11) is 0. The number of nitrogens with zero attached hydrogens (tertiary/aromatic N) is 1. The van der Waals surface area contributed by atoms with Crippen LogP contribution in [0.25, 0.3) is 0 Å². The van der Waals surface area contributed by atoms with Crippen LogP contribution in [-0.4, -0.2) is 20.6 Å². The number of para-hydroxylation sites is 2. The number of phenolic OH excluding ortho intramolecular Hbond substituents is 1. The van der Waals surface area contributed by atoms with Gasteiger partial charge in [0.2, 0.25) is 5.91 Å². The number of rotatable bonds is 4. The number of aromatic hydroxyl groups is 1. The number of aromatic nitrogens is 2. The lowest BCUT2D eigenvalue weighted by Crippen LogP contribution is -2.29. The maximum atomic E-state index is 11.7. The van der Waals surface area contributed by atoms with Crippen molar-refractivity contribution in [1.82, 2.24) is 9.55 Å². The molecule has 7 nitrogen and oxygen atoms in total. The number of benzene rings is 1. The molecule has 0 saturated carbocycles. The van der Waals surface area contributed by atoms with Gasteiger partial charge in [0.1, 0.15) is 5.75 Å². The first-order valence-electron chi connectivity index (χ1n) is 5.94. The average Bonchev–Trinajstić information content (AvgIpc) is 2.40. The molecule has 1 aromatic carbocycles. The highest BCUT2D eigenvalue weighted by Gasteiger charge is 2.06. The van der Waals surface area contributed by atoms with Gasteiger partial charge in [-0.2, -0.15) is 0 Å². The van der Waals surface area contributed by atoms with Gasteiger partial charge in [0, 0.05) is 25.2 Å². The fourth-order valence-corrected chi connectivity index (χ4v) is 1.63. The summed E-state index contributed by atoms with van der Waals surface area (Å²) >= 11 is 0. The number of H-pyrrole nitrogens is 1. The zero-order valence-electron chi connectivity index (χ0n) is 10.5. The van der Waals surface area contributed by atoms with Crippen molar-refractivity contribution >= 4 is 11.6 Å². The number of carbonyl (C=O) groups is 1. The van der Waals surface area contributed by atoms with Gasteiger partial charge >= 0.3 is 5.69 Å². The van der Waals surface area contributed by atoms with Crippen molar-refractivity contribution in [1.29, 1.82) is 0 Å². The monoisotopic (exact) mass is 275 g/mol. The first-order chi connectivity index (χ1) is 9.56. The maximum Gasteiger partial charge on any atom is 0.328 e. The van der Waals surface area contributed by atoms with Crippen molar-refractivity contribution in [3.05, 3.63) is 57.4 Å². The van der Waals surface area contributed by atoms with E-state index in [0.29, 0.717) is 5.69 Å². The largest absolute Gasteiger partial charge is 0.506 e. The summed E-state index contributed by atoms with van der Waals surface area (Å²) in [6.07, 6.45) is 1.37. The lowest BCUT2D eigenvalue weighted by Gasteiger charge is -2.07. The van der Waals surface area contributed by atoms with E-state index in [-0.39, 0.29) is 24.6 Å². The maximum absolute atomic E-state index is 11.7. The SMILES string of the molecule is O=C(CCn1ccc(=O)[nH]c1=O)Nc1ccccc1O. The molecule has 0 radical (unpaired) electrons. The summed E-state index contributed by atoms with van der Waals surface area (Å²) in [5.74, 6) is -0.369. The molecule has 1 amide bonds. The third kappa shape index (κ3) is 3.35. The third-order valence-electron chi connectivity index (χ3n) is 2.65. The molecule has 0 atom stereocenters. The van der Waals surface area contributed by atoms with Crippen molar-refractivity contribution in [3.8, 4) is 5.75 Å². The van der Waals surface area contributed by atoms with Crippen LogP contribution in [0, 0.1) is 0 Å². The standard InChI is InChI=1S/C13H13N3O4/c17-10-4-2-1-3-9(10)14-11(18)5-7-16-8-6-12(19)15-13(16)20/h1-4,6,8,17H,5,7H2,(H,14,18)(H,15,19,20). The fraction of sp³-hybridized carbons (Fsp3) is 0.154. The highest BCUT2D eigenvalue weighted by molar-refractivity contribution is 5.92. The van der Waals surface area contributed by atoms with Crippen LogP contribution in [0.15, 0.2) is 46.1 Å². The highest BCUT2D eigenvalue weighted by atomic mass is 16.3. The van der Waals surface area contributed by atoms with Crippen molar-refractivity contribution in [2.24, 2.45) is 0 Å². The fourth-order valence-electron chi connectivity index (χ4n) is 1.63. The second-order valence-electron chi connectivity index (χ2n) is 4.12. The Hall–Kier alpha value is -2.83. The molecular weight excluding hydrogens is 262 g/mol. The summed E-state index contributed by atoms with van der Waals surface area (Å²) in [4.78, 5) is 36.1. The number of aryl methyl sites for hydroxylation is 1. The molecule has 0 fully saturated rings. The number of amides is 1. The predicted molar refractivity (Wildman–Crippen MR) is 72.7 cm³/mol. The molecule has 0 aliphatic rings. The molecular formula is C13H13N3O4. The van der Waals surface area contributed by atoms with Crippen molar-refractivity contribution in [2.45, 2.75) is 13.0 Å². The van der Waals surface area contributed by atoms with E-state index in [4.69, 9.17) is 0 Å². The first kappa shape index (κ1) is 13.6. The van der Waals surface area contributed by atoms with Gasteiger partial charge in [-0.1, -0.05) is 12.1 Å². The van der Waals surface area contributed by atoms with E-state index in [1.54, 1.807) is 18.2 Å². The van der Waals surface area contributed by atoms with Gasteiger partial charge in [-0.05, 0) is 12.1 Å². The lowest BCUT2D eigenvalue weighted by atomic mass is 10.3. The van der Waals surface area contributed by atoms with Crippen LogP contribution in [0.1, 0.15) is 6.42 Å².